The Labute approximate surface area is 161 Å². The van der Waals surface area contributed by atoms with Gasteiger partial charge < -0.3 is 15.0 Å². The van der Waals surface area contributed by atoms with E-state index >= 15 is 0 Å². The van der Waals surface area contributed by atoms with Gasteiger partial charge in [0, 0.05) is 12.7 Å². The predicted molar refractivity (Wildman–Crippen MR) is 108 cm³/mol. The summed E-state index contributed by atoms with van der Waals surface area (Å²) in [5, 5.41) is 2.88. The van der Waals surface area contributed by atoms with Gasteiger partial charge in [0.2, 0.25) is 5.91 Å². The van der Waals surface area contributed by atoms with Crippen LogP contribution in [0, 0.1) is 13.8 Å². The first kappa shape index (κ1) is 20.5. The van der Waals surface area contributed by atoms with Crippen LogP contribution in [0.5, 0.6) is 5.75 Å². The lowest BCUT2D eigenvalue weighted by Gasteiger charge is -2.18. The lowest BCUT2D eigenvalue weighted by atomic mass is 10.0. The van der Waals surface area contributed by atoms with Gasteiger partial charge in [-0.25, -0.2) is 0 Å². The van der Waals surface area contributed by atoms with Gasteiger partial charge >= 0.3 is 0 Å². The van der Waals surface area contributed by atoms with Crippen LogP contribution in [0.25, 0.3) is 0 Å². The molecule has 2 aromatic carbocycles. The maximum atomic E-state index is 12.3. The maximum Gasteiger partial charge on any atom is 0.260 e. The Balaban J connectivity index is 1.88. The number of amides is 2. The maximum absolute atomic E-state index is 12.3. The standard InChI is InChI=1S/C22H28N2O3/c1-15(2)18-10-7-11-19(12-18)27-14-21(26)24(5)13-20(25)23-22-16(3)8-6-9-17(22)4/h6-12,15H,13-14H2,1-5H3,(H,23,25). The third-order valence-electron chi connectivity index (χ3n) is 4.44. The third-order valence-corrected chi connectivity index (χ3v) is 4.44. The van der Waals surface area contributed by atoms with Crippen molar-refractivity contribution in [1.29, 1.82) is 0 Å². The average Bonchev–Trinajstić information content (AvgIpc) is 2.63. The fraction of sp³-hybridized carbons (Fsp3) is 0.364. The Morgan fingerprint density at radius 2 is 1.70 bits per heavy atom. The molecule has 5 heteroatoms. The SMILES string of the molecule is Cc1cccc(C)c1NC(=O)CN(C)C(=O)COc1cccc(C(C)C)c1. The smallest absolute Gasteiger partial charge is 0.260 e. The van der Waals surface area contributed by atoms with Gasteiger partial charge in [0.05, 0.1) is 6.54 Å². The van der Waals surface area contributed by atoms with E-state index in [1.54, 1.807) is 7.05 Å². The highest BCUT2D eigenvalue weighted by atomic mass is 16.5. The van der Waals surface area contributed by atoms with Crippen molar-refractivity contribution in [2.75, 3.05) is 25.5 Å². The Morgan fingerprint density at radius 1 is 1.07 bits per heavy atom. The number of rotatable bonds is 7. The first-order valence-electron chi connectivity index (χ1n) is 9.10. The lowest BCUT2D eigenvalue weighted by Crippen LogP contribution is -2.37. The van der Waals surface area contributed by atoms with Gasteiger partial charge in [-0.15, -0.1) is 0 Å². The molecule has 2 amide bonds. The van der Waals surface area contributed by atoms with E-state index in [4.69, 9.17) is 4.74 Å². The summed E-state index contributed by atoms with van der Waals surface area (Å²) in [6.45, 7) is 7.96. The lowest BCUT2D eigenvalue weighted by molar-refractivity contribution is -0.135. The van der Waals surface area contributed by atoms with Gasteiger partial charge in [-0.05, 0) is 48.6 Å². The predicted octanol–water partition coefficient (Wildman–Crippen LogP) is 3.90. The number of aryl methyl sites for hydroxylation is 2. The summed E-state index contributed by atoms with van der Waals surface area (Å²) in [6, 6.07) is 13.5. The Bertz CT molecular complexity index is 795. The van der Waals surface area contributed by atoms with Crippen LogP contribution in [0.3, 0.4) is 0 Å². The molecule has 5 nitrogen and oxygen atoms in total. The molecule has 0 aliphatic heterocycles. The van der Waals surface area contributed by atoms with Gasteiger partial charge in [-0.3, -0.25) is 9.59 Å². The molecule has 0 saturated heterocycles. The Hall–Kier alpha value is -2.82. The van der Waals surface area contributed by atoms with Crippen LogP contribution in [0.4, 0.5) is 5.69 Å². The number of likely N-dealkylation sites (N-methyl/N-ethyl adjacent to an activating group) is 1. The van der Waals surface area contributed by atoms with Gasteiger partial charge in [0.15, 0.2) is 6.61 Å². The molecule has 1 N–H and O–H groups in total. The van der Waals surface area contributed by atoms with E-state index in [1.165, 1.54) is 4.90 Å². The summed E-state index contributed by atoms with van der Waals surface area (Å²) in [4.78, 5) is 25.9. The number of ether oxygens (including phenoxy) is 1. The fourth-order valence-electron chi connectivity index (χ4n) is 2.71. The Morgan fingerprint density at radius 3 is 2.33 bits per heavy atom. The van der Waals surface area contributed by atoms with Crippen LogP contribution in [0.15, 0.2) is 42.5 Å². The molecule has 0 saturated carbocycles. The van der Waals surface area contributed by atoms with E-state index in [1.807, 2.05) is 56.3 Å². The first-order chi connectivity index (χ1) is 12.8. The van der Waals surface area contributed by atoms with Crippen molar-refractivity contribution in [2.24, 2.45) is 0 Å². The zero-order valence-electron chi connectivity index (χ0n) is 16.7. The average molecular weight is 368 g/mol. The highest BCUT2D eigenvalue weighted by Gasteiger charge is 2.15. The van der Waals surface area contributed by atoms with Gasteiger partial charge in [-0.1, -0.05) is 44.2 Å². The molecule has 0 spiro atoms. The molecule has 0 unspecified atom stereocenters. The van der Waals surface area contributed by atoms with Crippen molar-refractivity contribution in [3.63, 3.8) is 0 Å². The molecule has 0 aromatic heterocycles. The zero-order valence-corrected chi connectivity index (χ0v) is 16.7. The van der Waals surface area contributed by atoms with E-state index in [9.17, 15) is 9.59 Å². The minimum Gasteiger partial charge on any atom is -0.484 e. The van der Waals surface area contributed by atoms with Crippen LogP contribution in [-0.4, -0.2) is 36.9 Å². The largest absolute Gasteiger partial charge is 0.484 e. The number of carbonyl (C=O) groups is 2. The monoisotopic (exact) mass is 368 g/mol. The zero-order chi connectivity index (χ0) is 20.0. The number of carbonyl (C=O) groups excluding carboxylic acids is 2. The summed E-state index contributed by atoms with van der Waals surface area (Å²) in [5.41, 5.74) is 3.93. The van der Waals surface area contributed by atoms with Gasteiger partial charge in [-0.2, -0.15) is 0 Å². The van der Waals surface area contributed by atoms with Crippen molar-refractivity contribution in [3.05, 3.63) is 59.2 Å². The summed E-state index contributed by atoms with van der Waals surface area (Å²) < 4.78 is 5.59. The molecular weight excluding hydrogens is 340 g/mol. The quantitative estimate of drug-likeness (QED) is 0.806. The summed E-state index contributed by atoms with van der Waals surface area (Å²) >= 11 is 0. The van der Waals surface area contributed by atoms with E-state index in [0.29, 0.717) is 11.7 Å². The number of anilines is 1. The van der Waals surface area contributed by atoms with Crippen LogP contribution < -0.4 is 10.1 Å². The van der Waals surface area contributed by atoms with Crippen LogP contribution in [0.2, 0.25) is 0 Å². The third kappa shape index (κ3) is 5.84. The topological polar surface area (TPSA) is 58.6 Å². The number of nitrogens with one attached hydrogen (secondary N) is 1. The molecule has 144 valence electrons. The van der Waals surface area contributed by atoms with Gasteiger partial charge in [0.25, 0.3) is 5.91 Å². The van der Waals surface area contributed by atoms with Gasteiger partial charge in [0.1, 0.15) is 5.75 Å². The molecule has 27 heavy (non-hydrogen) atoms. The minimum atomic E-state index is -0.249. The Kier molecular flexibility index (Phi) is 6.99. The highest BCUT2D eigenvalue weighted by Crippen LogP contribution is 2.20. The first-order valence-corrected chi connectivity index (χ1v) is 9.10. The summed E-state index contributed by atoms with van der Waals surface area (Å²) in [7, 11) is 1.60. The summed E-state index contributed by atoms with van der Waals surface area (Å²) in [6.07, 6.45) is 0. The van der Waals surface area contributed by atoms with Crippen LogP contribution in [0.1, 0.15) is 36.5 Å². The van der Waals surface area contributed by atoms with Crippen molar-refractivity contribution in [2.45, 2.75) is 33.6 Å². The van der Waals surface area contributed by atoms with Crippen molar-refractivity contribution < 1.29 is 14.3 Å². The molecule has 2 rings (SSSR count). The number of para-hydroxylation sites is 1. The number of nitrogens with zero attached hydrogens (tertiary/aromatic N) is 1. The highest BCUT2D eigenvalue weighted by molar-refractivity contribution is 5.95. The summed E-state index contributed by atoms with van der Waals surface area (Å²) in [5.74, 6) is 0.565. The van der Waals surface area contributed by atoms with Crippen molar-refractivity contribution in [1.82, 2.24) is 4.90 Å². The second kappa shape index (κ2) is 9.21. The molecule has 0 radical (unpaired) electrons. The van der Waals surface area contributed by atoms with E-state index in [0.717, 1.165) is 22.4 Å². The normalized spacial score (nSPS) is 10.6. The molecule has 0 fully saturated rings. The molecule has 2 aromatic rings. The van der Waals surface area contributed by atoms with Crippen molar-refractivity contribution >= 4 is 17.5 Å². The number of hydrogen-bond acceptors (Lipinski definition) is 3. The second-order valence-corrected chi connectivity index (χ2v) is 7.08. The van der Waals surface area contributed by atoms with E-state index in [-0.39, 0.29) is 25.0 Å². The van der Waals surface area contributed by atoms with E-state index < -0.39 is 0 Å². The van der Waals surface area contributed by atoms with E-state index in [2.05, 4.69) is 19.2 Å². The van der Waals surface area contributed by atoms with Crippen LogP contribution >= 0.6 is 0 Å². The molecular formula is C22H28N2O3. The molecule has 0 bridgehead atoms. The molecule has 0 heterocycles. The number of benzene rings is 2. The molecule has 0 atom stereocenters. The molecule has 0 aliphatic carbocycles. The van der Waals surface area contributed by atoms with Crippen LogP contribution in [-0.2, 0) is 9.59 Å². The molecule has 0 aliphatic rings. The number of hydrogen-bond donors (Lipinski definition) is 1. The second-order valence-electron chi connectivity index (χ2n) is 7.08. The minimum absolute atomic E-state index is 0.0258. The fourth-order valence-corrected chi connectivity index (χ4v) is 2.71. The van der Waals surface area contributed by atoms with Crippen molar-refractivity contribution in [3.8, 4) is 5.75 Å².